The molecule has 0 bridgehead atoms. The Bertz CT molecular complexity index is 604. The molecule has 2 aromatic rings. The molecule has 22 heavy (non-hydrogen) atoms. The first kappa shape index (κ1) is 15.1. The zero-order valence-electron chi connectivity index (χ0n) is 13.0. The normalized spacial score (nSPS) is 16.6. The molecule has 0 aromatic heterocycles. The maximum absolute atomic E-state index is 9.60. The van der Waals surface area contributed by atoms with Crippen LogP contribution in [-0.2, 0) is 6.54 Å². The van der Waals surface area contributed by atoms with E-state index in [1.54, 1.807) is 7.11 Å². The zero-order chi connectivity index (χ0) is 15.4. The number of ether oxygens (including phenoxy) is 1. The number of aliphatic hydroxyl groups is 1. The third kappa shape index (κ3) is 3.49. The van der Waals surface area contributed by atoms with Crippen molar-refractivity contribution in [3.05, 3.63) is 54.1 Å². The average molecular weight is 297 g/mol. The number of hydrogen-bond acceptors (Lipinski definition) is 3. The fourth-order valence-electron chi connectivity index (χ4n) is 3.00. The van der Waals surface area contributed by atoms with Crippen molar-refractivity contribution in [1.82, 2.24) is 4.90 Å². The number of likely N-dealkylation sites (tertiary alicyclic amines) is 1. The monoisotopic (exact) mass is 297 g/mol. The molecule has 1 saturated heterocycles. The van der Waals surface area contributed by atoms with E-state index in [2.05, 4.69) is 47.4 Å². The van der Waals surface area contributed by atoms with Crippen LogP contribution < -0.4 is 4.74 Å². The van der Waals surface area contributed by atoms with Crippen LogP contribution in [0.3, 0.4) is 0 Å². The van der Waals surface area contributed by atoms with Crippen molar-refractivity contribution in [2.45, 2.75) is 25.5 Å². The SMILES string of the molecule is COc1cc(-c2ccccc2)ccc1CN1CCC(O)CC1. The van der Waals surface area contributed by atoms with Gasteiger partial charge in [0.25, 0.3) is 0 Å². The Hall–Kier alpha value is -1.84. The summed E-state index contributed by atoms with van der Waals surface area (Å²) in [5.41, 5.74) is 3.59. The third-order valence-electron chi connectivity index (χ3n) is 4.35. The molecule has 3 heteroatoms. The van der Waals surface area contributed by atoms with Gasteiger partial charge in [-0.3, -0.25) is 4.90 Å². The van der Waals surface area contributed by atoms with Gasteiger partial charge in [-0.25, -0.2) is 0 Å². The number of aliphatic hydroxyl groups excluding tert-OH is 1. The van der Waals surface area contributed by atoms with Gasteiger partial charge in [-0.2, -0.15) is 0 Å². The Kier molecular flexibility index (Phi) is 4.76. The highest BCUT2D eigenvalue weighted by molar-refractivity contribution is 5.66. The Labute approximate surface area is 132 Å². The molecule has 0 amide bonds. The van der Waals surface area contributed by atoms with Gasteiger partial charge in [0.1, 0.15) is 5.75 Å². The predicted octanol–water partition coefficient (Wildman–Crippen LogP) is 3.32. The van der Waals surface area contributed by atoms with Crippen molar-refractivity contribution in [3.8, 4) is 16.9 Å². The molecule has 116 valence electrons. The molecular weight excluding hydrogens is 274 g/mol. The van der Waals surface area contributed by atoms with Crippen LogP contribution in [0.2, 0.25) is 0 Å². The minimum absolute atomic E-state index is 0.126. The summed E-state index contributed by atoms with van der Waals surface area (Å²) in [6.07, 6.45) is 1.60. The van der Waals surface area contributed by atoms with Gasteiger partial charge in [0.15, 0.2) is 0 Å². The van der Waals surface area contributed by atoms with Crippen LogP contribution in [0, 0.1) is 0 Å². The van der Waals surface area contributed by atoms with Gasteiger partial charge >= 0.3 is 0 Å². The Balaban J connectivity index is 1.78. The molecule has 3 rings (SSSR count). The number of piperidine rings is 1. The van der Waals surface area contributed by atoms with Crippen molar-refractivity contribution < 1.29 is 9.84 Å². The van der Waals surface area contributed by atoms with Crippen molar-refractivity contribution in [2.75, 3.05) is 20.2 Å². The molecule has 2 aromatic carbocycles. The lowest BCUT2D eigenvalue weighted by atomic mass is 10.0. The zero-order valence-corrected chi connectivity index (χ0v) is 13.0. The molecule has 0 saturated carbocycles. The summed E-state index contributed by atoms with van der Waals surface area (Å²) >= 11 is 0. The van der Waals surface area contributed by atoms with Gasteiger partial charge in [-0.05, 0) is 30.0 Å². The molecule has 1 fully saturated rings. The van der Waals surface area contributed by atoms with Crippen LogP contribution in [0.15, 0.2) is 48.5 Å². The number of nitrogens with zero attached hydrogens (tertiary/aromatic N) is 1. The standard InChI is InChI=1S/C19H23NO2/c1-22-19-13-16(15-5-3-2-4-6-15)7-8-17(19)14-20-11-9-18(21)10-12-20/h2-8,13,18,21H,9-12,14H2,1H3. The van der Waals surface area contributed by atoms with E-state index in [1.807, 2.05) is 6.07 Å². The molecule has 1 aliphatic heterocycles. The van der Waals surface area contributed by atoms with Crippen LogP contribution >= 0.6 is 0 Å². The van der Waals surface area contributed by atoms with E-state index in [0.29, 0.717) is 0 Å². The first-order valence-corrected chi connectivity index (χ1v) is 7.89. The predicted molar refractivity (Wildman–Crippen MR) is 88.9 cm³/mol. The second-order valence-corrected chi connectivity index (χ2v) is 5.90. The van der Waals surface area contributed by atoms with E-state index in [9.17, 15) is 5.11 Å². The summed E-state index contributed by atoms with van der Waals surface area (Å²) in [7, 11) is 1.73. The summed E-state index contributed by atoms with van der Waals surface area (Å²) in [5, 5.41) is 9.60. The highest BCUT2D eigenvalue weighted by atomic mass is 16.5. The molecule has 0 unspecified atom stereocenters. The smallest absolute Gasteiger partial charge is 0.123 e. The van der Waals surface area contributed by atoms with E-state index in [1.165, 1.54) is 16.7 Å². The topological polar surface area (TPSA) is 32.7 Å². The minimum Gasteiger partial charge on any atom is -0.496 e. The van der Waals surface area contributed by atoms with Gasteiger partial charge in [0.2, 0.25) is 0 Å². The lowest BCUT2D eigenvalue weighted by Crippen LogP contribution is -2.35. The number of benzene rings is 2. The van der Waals surface area contributed by atoms with Crippen LogP contribution in [0.5, 0.6) is 5.75 Å². The number of methoxy groups -OCH3 is 1. The number of rotatable bonds is 4. The Morgan fingerprint density at radius 2 is 1.77 bits per heavy atom. The highest BCUT2D eigenvalue weighted by Crippen LogP contribution is 2.28. The molecule has 1 aliphatic rings. The van der Waals surface area contributed by atoms with Crippen LogP contribution in [0.25, 0.3) is 11.1 Å². The summed E-state index contributed by atoms with van der Waals surface area (Å²) in [6.45, 7) is 2.78. The van der Waals surface area contributed by atoms with Gasteiger partial charge in [-0.1, -0.05) is 42.5 Å². The van der Waals surface area contributed by atoms with Gasteiger partial charge < -0.3 is 9.84 Å². The second kappa shape index (κ2) is 6.95. The van der Waals surface area contributed by atoms with Crippen molar-refractivity contribution in [3.63, 3.8) is 0 Å². The lowest BCUT2D eigenvalue weighted by molar-refractivity contribution is 0.0789. The van der Waals surface area contributed by atoms with Crippen molar-refractivity contribution in [2.24, 2.45) is 0 Å². The molecule has 0 radical (unpaired) electrons. The van der Waals surface area contributed by atoms with E-state index < -0.39 is 0 Å². The van der Waals surface area contributed by atoms with E-state index >= 15 is 0 Å². The third-order valence-corrected chi connectivity index (χ3v) is 4.35. The minimum atomic E-state index is -0.126. The van der Waals surface area contributed by atoms with E-state index in [-0.39, 0.29) is 6.10 Å². The molecule has 0 atom stereocenters. The summed E-state index contributed by atoms with van der Waals surface area (Å²) in [5.74, 6) is 0.937. The molecular formula is C19H23NO2. The highest BCUT2D eigenvalue weighted by Gasteiger charge is 2.18. The maximum Gasteiger partial charge on any atom is 0.123 e. The second-order valence-electron chi connectivity index (χ2n) is 5.90. The van der Waals surface area contributed by atoms with Crippen molar-refractivity contribution in [1.29, 1.82) is 0 Å². The van der Waals surface area contributed by atoms with Crippen molar-refractivity contribution >= 4 is 0 Å². The lowest BCUT2D eigenvalue weighted by Gasteiger charge is -2.29. The molecule has 0 spiro atoms. The average Bonchev–Trinajstić information content (AvgIpc) is 2.58. The summed E-state index contributed by atoms with van der Waals surface area (Å²) in [6, 6.07) is 16.8. The molecule has 3 nitrogen and oxygen atoms in total. The van der Waals surface area contributed by atoms with E-state index in [4.69, 9.17) is 4.74 Å². The summed E-state index contributed by atoms with van der Waals surface area (Å²) < 4.78 is 5.59. The Morgan fingerprint density at radius 3 is 2.45 bits per heavy atom. The van der Waals surface area contributed by atoms with Gasteiger partial charge in [0, 0.05) is 25.2 Å². The molecule has 1 N–H and O–H groups in total. The van der Waals surface area contributed by atoms with Crippen LogP contribution in [-0.4, -0.2) is 36.3 Å². The van der Waals surface area contributed by atoms with Gasteiger partial charge in [-0.15, -0.1) is 0 Å². The molecule has 0 aliphatic carbocycles. The fraction of sp³-hybridized carbons (Fsp3) is 0.368. The van der Waals surface area contributed by atoms with E-state index in [0.717, 1.165) is 38.2 Å². The van der Waals surface area contributed by atoms with Crippen LogP contribution in [0.4, 0.5) is 0 Å². The fourth-order valence-corrected chi connectivity index (χ4v) is 3.00. The molecule has 1 heterocycles. The quantitative estimate of drug-likeness (QED) is 0.939. The first-order valence-electron chi connectivity index (χ1n) is 7.89. The summed E-state index contributed by atoms with van der Waals surface area (Å²) in [4.78, 5) is 2.38. The Morgan fingerprint density at radius 1 is 1.05 bits per heavy atom. The largest absolute Gasteiger partial charge is 0.496 e. The first-order chi connectivity index (χ1) is 10.8. The van der Waals surface area contributed by atoms with Crippen LogP contribution in [0.1, 0.15) is 18.4 Å². The van der Waals surface area contributed by atoms with Gasteiger partial charge in [0.05, 0.1) is 13.2 Å². The number of hydrogen-bond donors (Lipinski definition) is 1. The maximum atomic E-state index is 9.60.